The van der Waals surface area contributed by atoms with Gasteiger partial charge < -0.3 is 14.7 Å². The molecule has 3 nitrogen and oxygen atoms in total. The zero-order chi connectivity index (χ0) is 47.3. The summed E-state index contributed by atoms with van der Waals surface area (Å²) in [7, 11) is 0. The first-order chi connectivity index (χ1) is 32.2. The molecule has 0 saturated heterocycles. The average Bonchev–Trinajstić information content (AvgIpc) is 3.30. The van der Waals surface area contributed by atoms with E-state index in [9.17, 15) is 0 Å². The standard InChI is InChI=1S/C63H66BN3/c1-40(2)49-36-55(41(3)4)61(56(37-49)42(5)6)64-57-30-28-53(65(50-22-16-13-17-23-50)51-24-18-14-19-25-51)38-59(57)66(52-26-20-15-21-27-52)60-39-54(29-31-58(60)64)67(62-45(9)32-43(7)33-46(62)10)63-47(11)34-44(8)35-48(63)12/h13-42H,1-12H3. The van der Waals surface area contributed by atoms with E-state index in [2.05, 4.69) is 262 Å². The minimum atomic E-state index is -0.0230. The van der Waals surface area contributed by atoms with Crippen LogP contribution in [-0.4, -0.2) is 6.71 Å². The number of hydrogen-bond donors (Lipinski definition) is 0. The molecule has 1 aliphatic rings. The molecule has 0 amide bonds. The lowest BCUT2D eigenvalue weighted by atomic mass is 9.33. The van der Waals surface area contributed by atoms with Crippen LogP contribution >= 0.6 is 0 Å². The number of hydrogen-bond acceptors (Lipinski definition) is 3. The largest absolute Gasteiger partial charge is 0.311 e. The average molecular weight is 876 g/mol. The number of aryl methyl sites for hydroxylation is 6. The van der Waals surface area contributed by atoms with Crippen molar-refractivity contribution in [3.05, 3.63) is 214 Å². The number of fused-ring (bicyclic) bond motifs is 2. The Hall–Kier alpha value is -6.78. The van der Waals surface area contributed by atoms with Crippen molar-refractivity contribution in [3.8, 4) is 0 Å². The Kier molecular flexibility index (Phi) is 12.5. The molecule has 0 fully saturated rings. The predicted octanol–water partition coefficient (Wildman–Crippen LogP) is 16.1. The van der Waals surface area contributed by atoms with Gasteiger partial charge >= 0.3 is 0 Å². The molecule has 8 aromatic rings. The topological polar surface area (TPSA) is 9.72 Å². The van der Waals surface area contributed by atoms with Crippen molar-refractivity contribution in [2.24, 2.45) is 0 Å². The molecular weight excluding hydrogens is 810 g/mol. The summed E-state index contributed by atoms with van der Waals surface area (Å²) in [4.78, 5) is 7.51. The van der Waals surface area contributed by atoms with Crippen LogP contribution in [-0.2, 0) is 0 Å². The summed E-state index contributed by atoms with van der Waals surface area (Å²) >= 11 is 0. The highest BCUT2D eigenvalue weighted by Crippen LogP contribution is 2.47. The molecule has 0 saturated carbocycles. The van der Waals surface area contributed by atoms with Crippen LogP contribution in [0.1, 0.15) is 109 Å². The van der Waals surface area contributed by atoms with Gasteiger partial charge in [0.1, 0.15) is 0 Å². The van der Waals surface area contributed by atoms with Gasteiger partial charge in [-0.1, -0.05) is 161 Å². The molecule has 0 spiro atoms. The molecule has 4 heteroatoms. The zero-order valence-electron chi connectivity index (χ0n) is 41.7. The number of para-hydroxylation sites is 3. The van der Waals surface area contributed by atoms with E-state index in [1.807, 2.05) is 0 Å². The van der Waals surface area contributed by atoms with Crippen LogP contribution in [0, 0.1) is 41.5 Å². The summed E-state index contributed by atoms with van der Waals surface area (Å²) in [5, 5.41) is 0. The van der Waals surface area contributed by atoms with Crippen molar-refractivity contribution < 1.29 is 0 Å². The summed E-state index contributed by atoms with van der Waals surface area (Å²) in [5.41, 5.74) is 26.4. The van der Waals surface area contributed by atoms with Gasteiger partial charge in [0.25, 0.3) is 0 Å². The molecule has 9 rings (SSSR count). The van der Waals surface area contributed by atoms with E-state index >= 15 is 0 Å². The van der Waals surface area contributed by atoms with Crippen molar-refractivity contribution in [2.75, 3.05) is 14.7 Å². The van der Waals surface area contributed by atoms with Crippen LogP contribution in [0.2, 0.25) is 0 Å². The summed E-state index contributed by atoms with van der Waals surface area (Å²) in [5.74, 6) is 1.07. The minimum Gasteiger partial charge on any atom is -0.311 e. The lowest BCUT2D eigenvalue weighted by molar-refractivity contribution is 0.812. The van der Waals surface area contributed by atoms with E-state index in [4.69, 9.17) is 0 Å². The van der Waals surface area contributed by atoms with Gasteiger partial charge in [-0.05, 0) is 170 Å². The van der Waals surface area contributed by atoms with Crippen molar-refractivity contribution >= 4 is 74.3 Å². The number of nitrogens with zero attached hydrogens (tertiary/aromatic N) is 3. The monoisotopic (exact) mass is 876 g/mol. The molecule has 336 valence electrons. The molecule has 0 radical (unpaired) electrons. The van der Waals surface area contributed by atoms with Gasteiger partial charge in [-0.2, -0.15) is 0 Å². The molecule has 0 bridgehead atoms. The van der Waals surface area contributed by atoms with Crippen molar-refractivity contribution in [3.63, 3.8) is 0 Å². The van der Waals surface area contributed by atoms with E-state index in [-0.39, 0.29) is 6.71 Å². The lowest BCUT2D eigenvalue weighted by Gasteiger charge is -2.41. The number of benzene rings is 8. The number of anilines is 9. The highest BCUT2D eigenvalue weighted by molar-refractivity contribution is 6.98. The third kappa shape index (κ3) is 8.48. The number of rotatable bonds is 11. The molecule has 0 N–H and O–H groups in total. The molecule has 8 aromatic carbocycles. The van der Waals surface area contributed by atoms with Gasteiger partial charge in [0.2, 0.25) is 6.71 Å². The van der Waals surface area contributed by atoms with E-state index in [1.54, 1.807) is 0 Å². The summed E-state index contributed by atoms with van der Waals surface area (Å²) in [6.07, 6.45) is 0. The molecule has 1 aliphatic heterocycles. The van der Waals surface area contributed by atoms with Crippen molar-refractivity contribution in [1.29, 1.82) is 0 Å². The first kappa shape index (κ1) is 45.4. The SMILES string of the molecule is Cc1cc(C)c(N(c2ccc3c(c2)N(c2ccccc2)c2cc(N(c4ccccc4)c4ccccc4)ccc2B3c2c(C(C)C)cc(C(C)C)cc2C(C)C)c2c(C)cc(C)cc2C)c(C)c1. The highest BCUT2D eigenvalue weighted by atomic mass is 15.2. The lowest BCUT2D eigenvalue weighted by Crippen LogP contribution is -2.59. The summed E-state index contributed by atoms with van der Waals surface area (Å²) < 4.78 is 0. The quantitative estimate of drug-likeness (QED) is 0.120. The zero-order valence-corrected chi connectivity index (χ0v) is 41.7. The third-order valence-electron chi connectivity index (χ3n) is 13.9. The van der Waals surface area contributed by atoms with Crippen LogP contribution in [0.4, 0.5) is 51.2 Å². The second kappa shape index (κ2) is 18.5. The fourth-order valence-corrected chi connectivity index (χ4v) is 11.0. The van der Waals surface area contributed by atoms with Crippen molar-refractivity contribution in [2.45, 2.75) is 101 Å². The first-order valence-corrected chi connectivity index (χ1v) is 24.4. The van der Waals surface area contributed by atoms with Gasteiger partial charge in [-0.25, -0.2) is 0 Å². The van der Waals surface area contributed by atoms with Crippen LogP contribution in [0.3, 0.4) is 0 Å². The Bertz CT molecular complexity index is 2910. The van der Waals surface area contributed by atoms with Gasteiger partial charge in [-0.3, -0.25) is 0 Å². The molecule has 0 unspecified atom stereocenters. The second-order valence-electron chi connectivity index (χ2n) is 20.0. The summed E-state index contributed by atoms with van der Waals surface area (Å²) in [6, 6.07) is 61.7. The van der Waals surface area contributed by atoms with Gasteiger partial charge in [0, 0.05) is 39.8 Å². The Balaban J connectivity index is 1.41. The normalized spacial score (nSPS) is 12.2. The second-order valence-corrected chi connectivity index (χ2v) is 20.0. The van der Waals surface area contributed by atoms with E-state index < -0.39 is 0 Å². The van der Waals surface area contributed by atoms with Crippen LogP contribution < -0.4 is 31.1 Å². The Morgan fingerprint density at radius 2 is 0.776 bits per heavy atom. The van der Waals surface area contributed by atoms with Gasteiger partial charge in [-0.15, -0.1) is 0 Å². The van der Waals surface area contributed by atoms with Crippen LogP contribution in [0.25, 0.3) is 0 Å². The van der Waals surface area contributed by atoms with Crippen LogP contribution in [0.5, 0.6) is 0 Å². The third-order valence-corrected chi connectivity index (χ3v) is 13.9. The fourth-order valence-electron chi connectivity index (χ4n) is 11.0. The van der Waals surface area contributed by atoms with Gasteiger partial charge in [0.15, 0.2) is 0 Å². The predicted molar refractivity (Wildman–Crippen MR) is 292 cm³/mol. The maximum atomic E-state index is 2.56. The molecule has 67 heavy (non-hydrogen) atoms. The Morgan fingerprint density at radius 1 is 0.388 bits per heavy atom. The Morgan fingerprint density at radius 3 is 1.16 bits per heavy atom. The van der Waals surface area contributed by atoms with E-state index in [0.29, 0.717) is 17.8 Å². The van der Waals surface area contributed by atoms with Crippen LogP contribution in [0.15, 0.2) is 164 Å². The highest BCUT2D eigenvalue weighted by Gasteiger charge is 2.40. The molecule has 1 heterocycles. The van der Waals surface area contributed by atoms with E-state index in [1.165, 1.54) is 89.2 Å². The molecule has 0 aliphatic carbocycles. The molecule has 0 aromatic heterocycles. The van der Waals surface area contributed by atoms with E-state index in [0.717, 1.165) is 28.4 Å². The van der Waals surface area contributed by atoms with Gasteiger partial charge in [0.05, 0.1) is 11.4 Å². The molecular formula is C63H66BN3. The first-order valence-electron chi connectivity index (χ1n) is 24.4. The maximum Gasteiger partial charge on any atom is 0.247 e. The fraction of sp³-hybridized carbons (Fsp3) is 0.238. The summed E-state index contributed by atoms with van der Waals surface area (Å²) in [6.45, 7) is 27.7. The Labute approximate surface area is 401 Å². The molecule has 0 atom stereocenters. The maximum absolute atomic E-state index is 2.56. The minimum absolute atomic E-state index is 0.0230. The van der Waals surface area contributed by atoms with Crippen molar-refractivity contribution in [1.82, 2.24) is 0 Å². The smallest absolute Gasteiger partial charge is 0.247 e.